The molecule has 6 nitrogen and oxygen atoms in total. The van der Waals surface area contributed by atoms with Gasteiger partial charge in [0, 0.05) is 29.9 Å². The first-order valence-corrected chi connectivity index (χ1v) is 10.4. The molecule has 1 aliphatic rings. The maximum atomic E-state index is 14.4. The molecule has 4 aromatic rings. The molecule has 1 unspecified atom stereocenters. The number of rotatable bonds is 5. The number of benzene rings is 1. The fourth-order valence-electron chi connectivity index (χ4n) is 3.44. The van der Waals surface area contributed by atoms with Gasteiger partial charge in [0.1, 0.15) is 17.2 Å². The highest BCUT2D eigenvalue weighted by molar-refractivity contribution is 7.18. The van der Waals surface area contributed by atoms with Gasteiger partial charge in [0.25, 0.3) is 0 Å². The number of fused-ring (bicyclic) bond motifs is 1. The molecule has 1 aromatic carbocycles. The SMILES string of the molecule is Fc1ccc(Nc2csc3c(NC4CCNC4)nc(-c4ccncc4F)nc23)cc1. The molecule has 0 spiro atoms. The summed E-state index contributed by atoms with van der Waals surface area (Å²) in [7, 11) is 0. The number of halogens is 2. The maximum absolute atomic E-state index is 14.4. The number of aromatic nitrogens is 3. The van der Waals surface area contributed by atoms with Crippen molar-refractivity contribution in [3.8, 4) is 11.4 Å². The minimum atomic E-state index is -0.478. The number of thiophene rings is 1. The average molecular weight is 424 g/mol. The van der Waals surface area contributed by atoms with Crippen LogP contribution in [0.15, 0.2) is 48.1 Å². The standard InChI is InChI=1S/C21H18F2N6S/c22-12-1-3-13(4-2-12)26-17-11-30-19-18(17)28-20(15-6-8-25-10-16(15)23)29-21(19)27-14-5-7-24-9-14/h1-4,6,8,10-11,14,24,26H,5,7,9H2,(H,27,28,29). The van der Waals surface area contributed by atoms with Gasteiger partial charge in [-0.3, -0.25) is 4.98 Å². The highest BCUT2D eigenvalue weighted by Crippen LogP contribution is 2.37. The number of nitrogens with one attached hydrogen (secondary N) is 3. The van der Waals surface area contributed by atoms with Gasteiger partial charge in [-0.2, -0.15) is 0 Å². The molecule has 1 saturated heterocycles. The molecule has 3 N–H and O–H groups in total. The van der Waals surface area contributed by atoms with Crippen molar-refractivity contribution in [3.05, 3.63) is 59.7 Å². The van der Waals surface area contributed by atoms with E-state index in [9.17, 15) is 8.78 Å². The lowest BCUT2D eigenvalue weighted by Crippen LogP contribution is -2.23. The van der Waals surface area contributed by atoms with Crippen LogP contribution in [-0.4, -0.2) is 34.1 Å². The van der Waals surface area contributed by atoms with Gasteiger partial charge in [-0.15, -0.1) is 11.3 Å². The minimum Gasteiger partial charge on any atom is -0.365 e. The van der Waals surface area contributed by atoms with Gasteiger partial charge >= 0.3 is 0 Å². The van der Waals surface area contributed by atoms with Crippen molar-refractivity contribution in [1.29, 1.82) is 0 Å². The van der Waals surface area contributed by atoms with Crippen molar-refractivity contribution >= 4 is 38.7 Å². The van der Waals surface area contributed by atoms with Gasteiger partial charge in [0.2, 0.25) is 0 Å². The van der Waals surface area contributed by atoms with E-state index >= 15 is 0 Å². The quantitative estimate of drug-likeness (QED) is 0.437. The summed E-state index contributed by atoms with van der Waals surface area (Å²) in [5, 5.41) is 12.0. The molecule has 1 aliphatic heterocycles. The monoisotopic (exact) mass is 424 g/mol. The zero-order chi connectivity index (χ0) is 20.5. The molecular formula is C21H18F2N6S. The van der Waals surface area contributed by atoms with E-state index in [-0.39, 0.29) is 17.7 Å². The van der Waals surface area contributed by atoms with Crippen LogP contribution >= 0.6 is 11.3 Å². The van der Waals surface area contributed by atoms with E-state index in [0.29, 0.717) is 16.9 Å². The summed E-state index contributed by atoms with van der Waals surface area (Å²) in [6, 6.07) is 7.91. The Morgan fingerprint density at radius 1 is 1.10 bits per heavy atom. The third kappa shape index (κ3) is 3.69. The van der Waals surface area contributed by atoms with Crippen molar-refractivity contribution in [2.24, 2.45) is 0 Å². The molecule has 1 fully saturated rings. The van der Waals surface area contributed by atoms with E-state index < -0.39 is 5.82 Å². The second-order valence-electron chi connectivity index (χ2n) is 7.04. The lowest BCUT2D eigenvalue weighted by molar-refractivity contribution is 0.623. The zero-order valence-electron chi connectivity index (χ0n) is 15.8. The van der Waals surface area contributed by atoms with Crippen molar-refractivity contribution in [1.82, 2.24) is 20.3 Å². The van der Waals surface area contributed by atoms with Crippen LogP contribution in [-0.2, 0) is 0 Å². The Bertz CT molecular complexity index is 1190. The molecule has 0 bridgehead atoms. The van der Waals surface area contributed by atoms with Crippen LogP contribution in [0, 0.1) is 11.6 Å². The molecule has 9 heteroatoms. The minimum absolute atomic E-state index is 0.244. The summed E-state index contributed by atoms with van der Waals surface area (Å²) < 4.78 is 28.5. The average Bonchev–Trinajstić information content (AvgIpc) is 3.40. The molecule has 30 heavy (non-hydrogen) atoms. The molecule has 1 atom stereocenters. The smallest absolute Gasteiger partial charge is 0.165 e. The third-order valence-corrected chi connectivity index (χ3v) is 5.93. The Morgan fingerprint density at radius 3 is 2.73 bits per heavy atom. The lowest BCUT2D eigenvalue weighted by Gasteiger charge is -2.14. The summed E-state index contributed by atoms with van der Waals surface area (Å²) in [5.74, 6) is 0.187. The fourth-order valence-corrected chi connectivity index (χ4v) is 4.33. The van der Waals surface area contributed by atoms with Gasteiger partial charge in [-0.05, 0) is 43.3 Å². The summed E-state index contributed by atoms with van der Waals surface area (Å²) >= 11 is 1.50. The normalized spacial score (nSPS) is 16.1. The Labute approximate surface area is 175 Å². The topological polar surface area (TPSA) is 74.8 Å². The lowest BCUT2D eigenvalue weighted by atomic mass is 10.2. The number of pyridine rings is 1. The molecule has 0 aliphatic carbocycles. The van der Waals surface area contributed by atoms with Crippen molar-refractivity contribution in [3.63, 3.8) is 0 Å². The van der Waals surface area contributed by atoms with E-state index in [1.807, 2.05) is 5.38 Å². The number of anilines is 3. The summed E-state index contributed by atoms with van der Waals surface area (Å²) in [6.07, 6.45) is 3.66. The summed E-state index contributed by atoms with van der Waals surface area (Å²) in [6.45, 7) is 1.79. The van der Waals surface area contributed by atoms with Crippen LogP contribution in [0.2, 0.25) is 0 Å². The molecular weight excluding hydrogens is 406 g/mol. The van der Waals surface area contributed by atoms with Crippen LogP contribution < -0.4 is 16.0 Å². The van der Waals surface area contributed by atoms with Crippen molar-refractivity contribution < 1.29 is 8.78 Å². The predicted molar refractivity (Wildman–Crippen MR) is 115 cm³/mol. The van der Waals surface area contributed by atoms with Gasteiger partial charge in [0.15, 0.2) is 11.6 Å². The summed E-state index contributed by atoms with van der Waals surface area (Å²) in [5.41, 5.74) is 2.46. The Morgan fingerprint density at radius 2 is 1.97 bits per heavy atom. The van der Waals surface area contributed by atoms with Crippen LogP contribution in [0.1, 0.15) is 6.42 Å². The molecule has 0 radical (unpaired) electrons. The molecule has 3 aromatic heterocycles. The third-order valence-electron chi connectivity index (χ3n) is 4.95. The molecule has 0 saturated carbocycles. The van der Waals surface area contributed by atoms with Crippen LogP contribution in [0.25, 0.3) is 21.6 Å². The maximum Gasteiger partial charge on any atom is 0.165 e. The highest BCUT2D eigenvalue weighted by Gasteiger charge is 2.20. The number of hydrogen-bond donors (Lipinski definition) is 3. The Balaban J connectivity index is 1.61. The molecule has 0 amide bonds. The van der Waals surface area contributed by atoms with Gasteiger partial charge < -0.3 is 16.0 Å². The fraction of sp³-hybridized carbons (Fsp3) is 0.190. The number of nitrogens with zero attached hydrogens (tertiary/aromatic N) is 3. The van der Waals surface area contributed by atoms with E-state index in [0.717, 1.165) is 41.8 Å². The first-order chi connectivity index (χ1) is 14.7. The van der Waals surface area contributed by atoms with Crippen LogP contribution in [0.4, 0.5) is 26.0 Å². The van der Waals surface area contributed by atoms with E-state index in [1.54, 1.807) is 18.2 Å². The van der Waals surface area contributed by atoms with Crippen molar-refractivity contribution in [2.75, 3.05) is 23.7 Å². The van der Waals surface area contributed by atoms with Gasteiger partial charge in [-0.25, -0.2) is 18.7 Å². The largest absolute Gasteiger partial charge is 0.365 e. The van der Waals surface area contributed by atoms with Crippen molar-refractivity contribution in [2.45, 2.75) is 12.5 Å². The first-order valence-electron chi connectivity index (χ1n) is 9.56. The number of hydrogen-bond acceptors (Lipinski definition) is 7. The van der Waals surface area contributed by atoms with E-state index in [4.69, 9.17) is 0 Å². The zero-order valence-corrected chi connectivity index (χ0v) is 16.6. The Hall–Kier alpha value is -3.17. The second-order valence-corrected chi connectivity index (χ2v) is 7.92. The summed E-state index contributed by atoms with van der Waals surface area (Å²) in [4.78, 5) is 13.1. The Kier molecular flexibility index (Phi) is 4.97. The van der Waals surface area contributed by atoms with Crippen LogP contribution in [0.3, 0.4) is 0 Å². The molecule has 4 heterocycles. The highest BCUT2D eigenvalue weighted by atomic mass is 32.1. The van der Waals surface area contributed by atoms with Gasteiger partial charge in [-0.1, -0.05) is 0 Å². The molecule has 152 valence electrons. The van der Waals surface area contributed by atoms with E-state index in [1.165, 1.54) is 29.7 Å². The van der Waals surface area contributed by atoms with E-state index in [2.05, 4.69) is 30.9 Å². The van der Waals surface area contributed by atoms with Gasteiger partial charge in [0.05, 0.1) is 22.1 Å². The molecule has 5 rings (SSSR count). The first kappa shape index (κ1) is 18.8. The van der Waals surface area contributed by atoms with Crippen LogP contribution in [0.5, 0.6) is 0 Å². The predicted octanol–water partition coefficient (Wildman–Crippen LogP) is 4.55. The second kappa shape index (κ2) is 7.92.